The van der Waals surface area contributed by atoms with Gasteiger partial charge in [0, 0.05) is 5.69 Å². The topological polar surface area (TPSA) is 61.4 Å². The molecule has 2 rings (SSSR count). The third kappa shape index (κ3) is 2.33. The highest BCUT2D eigenvalue weighted by atomic mass is 16.3. The lowest BCUT2D eigenvalue weighted by atomic mass is 9.90. The van der Waals surface area contributed by atoms with Crippen molar-refractivity contribution >= 4 is 11.6 Å². The second-order valence-electron chi connectivity index (χ2n) is 5.02. The summed E-state index contributed by atoms with van der Waals surface area (Å²) in [6.07, 6.45) is 0.422. The highest BCUT2D eigenvalue weighted by Crippen LogP contribution is 2.30. The van der Waals surface area contributed by atoms with Gasteiger partial charge in [-0.25, -0.2) is 0 Å². The van der Waals surface area contributed by atoms with E-state index >= 15 is 0 Å². The lowest BCUT2D eigenvalue weighted by molar-refractivity contribution is -0.115. The number of hydrogen-bond acceptors (Lipinski definition) is 3. The molecule has 17 heavy (non-hydrogen) atoms. The van der Waals surface area contributed by atoms with Crippen molar-refractivity contribution in [2.75, 3.05) is 12.4 Å². The summed E-state index contributed by atoms with van der Waals surface area (Å²) in [5.41, 5.74) is 2.02. The number of anilines is 1. The molecule has 1 aromatic rings. The number of aliphatic hydroxyl groups is 1. The SMILES string of the molecule is CNC(c1ccc2c(c1)CC(=O)N2)C(C)(C)O. The Bertz CT molecular complexity index is 449. The van der Waals surface area contributed by atoms with Crippen molar-refractivity contribution in [3.63, 3.8) is 0 Å². The first kappa shape index (κ1) is 12.1. The fraction of sp³-hybridized carbons (Fsp3) is 0.462. The van der Waals surface area contributed by atoms with Crippen LogP contribution < -0.4 is 10.6 Å². The van der Waals surface area contributed by atoms with Crippen LogP contribution in [-0.4, -0.2) is 23.7 Å². The van der Waals surface area contributed by atoms with Gasteiger partial charge in [0.25, 0.3) is 0 Å². The molecule has 0 radical (unpaired) electrons. The number of fused-ring (bicyclic) bond motifs is 1. The molecule has 92 valence electrons. The van der Waals surface area contributed by atoms with Crippen LogP contribution in [0.25, 0.3) is 0 Å². The van der Waals surface area contributed by atoms with Crippen LogP contribution in [0.2, 0.25) is 0 Å². The highest BCUT2D eigenvalue weighted by Gasteiger charge is 2.28. The average Bonchev–Trinajstić information content (AvgIpc) is 2.56. The molecule has 0 saturated carbocycles. The van der Waals surface area contributed by atoms with Crippen molar-refractivity contribution in [1.29, 1.82) is 0 Å². The molecule has 4 nitrogen and oxygen atoms in total. The van der Waals surface area contributed by atoms with Crippen LogP contribution in [0.1, 0.15) is 31.0 Å². The number of likely N-dealkylation sites (N-methyl/N-ethyl adjacent to an activating group) is 1. The lowest BCUT2D eigenvalue weighted by Crippen LogP contribution is -2.37. The van der Waals surface area contributed by atoms with Crippen LogP contribution >= 0.6 is 0 Å². The van der Waals surface area contributed by atoms with E-state index in [0.717, 1.165) is 16.8 Å². The number of amides is 1. The molecule has 0 saturated heterocycles. The quantitative estimate of drug-likeness (QED) is 0.736. The van der Waals surface area contributed by atoms with E-state index in [4.69, 9.17) is 0 Å². The molecule has 1 amide bonds. The third-order valence-corrected chi connectivity index (χ3v) is 3.08. The number of carbonyl (C=O) groups excluding carboxylic acids is 1. The van der Waals surface area contributed by atoms with Gasteiger partial charge in [-0.2, -0.15) is 0 Å². The normalized spacial score (nSPS) is 16.6. The number of rotatable bonds is 3. The van der Waals surface area contributed by atoms with E-state index in [1.165, 1.54) is 0 Å². The van der Waals surface area contributed by atoms with Crippen LogP contribution in [0, 0.1) is 0 Å². The first-order valence-corrected chi connectivity index (χ1v) is 5.74. The summed E-state index contributed by atoms with van der Waals surface area (Å²) in [6.45, 7) is 3.54. The zero-order valence-electron chi connectivity index (χ0n) is 10.4. The second kappa shape index (κ2) is 4.13. The number of nitrogens with one attached hydrogen (secondary N) is 2. The minimum Gasteiger partial charge on any atom is -0.388 e. The molecule has 0 aliphatic carbocycles. The molecule has 0 bridgehead atoms. The monoisotopic (exact) mass is 234 g/mol. The van der Waals surface area contributed by atoms with E-state index in [9.17, 15) is 9.90 Å². The second-order valence-corrected chi connectivity index (χ2v) is 5.02. The maximum atomic E-state index is 11.3. The summed E-state index contributed by atoms with van der Waals surface area (Å²) < 4.78 is 0. The Morgan fingerprint density at radius 2 is 2.18 bits per heavy atom. The molecular weight excluding hydrogens is 216 g/mol. The Kier molecular flexibility index (Phi) is 2.93. The van der Waals surface area contributed by atoms with Gasteiger partial charge in [0.05, 0.1) is 18.1 Å². The van der Waals surface area contributed by atoms with Gasteiger partial charge in [-0.3, -0.25) is 4.79 Å². The fourth-order valence-electron chi connectivity index (χ4n) is 2.36. The largest absolute Gasteiger partial charge is 0.388 e. The van der Waals surface area contributed by atoms with Crippen LogP contribution in [0.15, 0.2) is 18.2 Å². The molecule has 1 heterocycles. The average molecular weight is 234 g/mol. The molecule has 1 atom stereocenters. The summed E-state index contributed by atoms with van der Waals surface area (Å²) in [4.78, 5) is 11.3. The summed E-state index contributed by atoms with van der Waals surface area (Å²) >= 11 is 0. The van der Waals surface area contributed by atoms with Gasteiger partial charge >= 0.3 is 0 Å². The Hall–Kier alpha value is -1.39. The number of hydrogen-bond donors (Lipinski definition) is 3. The van der Waals surface area contributed by atoms with Crippen molar-refractivity contribution < 1.29 is 9.90 Å². The Morgan fingerprint density at radius 1 is 1.47 bits per heavy atom. The van der Waals surface area contributed by atoms with Gasteiger partial charge in [-0.1, -0.05) is 12.1 Å². The first-order chi connectivity index (χ1) is 7.91. The predicted molar refractivity (Wildman–Crippen MR) is 66.9 cm³/mol. The molecule has 1 aliphatic heterocycles. The zero-order valence-corrected chi connectivity index (χ0v) is 10.4. The zero-order chi connectivity index (χ0) is 12.6. The molecular formula is C13H18N2O2. The summed E-state index contributed by atoms with van der Waals surface area (Å²) in [7, 11) is 1.82. The summed E-state index contributed by atoms with van der Waals surface area (Å²) in [5.74, 6) is 0.0291. The van der Waals surface area contributed by atoms with Crippen LogP contribution in [0.3, 0.4) is 0 Å². The first-order valence-electron chi connectivity index (χ1n) is 5.74. The van der Waals surface area contributed by atoms with Gasteiger partial charge in [0.1, 0.15) is 0 Å². The van der Waals surface area contributed by atoms with Crippen molar-refractivity contribution in [2.24, 2.45) is 0 Å². The summed E-state index contributed by atoms with van der Waals surface area (Å²) in [5, 5.41) is 16.0. The Balaban J connectivity index is 2.35. The fourth-order valence-corrected chi connectivity index (χ4v) is 2.36. The van der Waals surface area contributed by atoms with Crippen molar-refractivity contribution in [2.45, 2.75) is 31.9 Å². The summed E-state index contributed by atoms with van der Waals surface area (Å²) in [6, 6.07) is 5.66. The van der Waals surface area contributed by atoms with Gasteiger partial charge in [-0.15, -0.1) is 0 Å². The maximum absolute atomic E-state index is 11.3. The van der Waals surface area contributed by atoms with Crippen LogP contribution in [0.4, 0.5) is 5.69 Å². The standard InChI is InChI=1S/C13H18N2O2/c1-13(2,17)12(14-3)8-4-5-10-9(6-8)7-11(16)15-10/h4-6,12,14,17H,7H2,1-3H3,(H,15,16). The number of benzene rings is 1. The van der Waals surface area contributed by atoms with E-state index in [-0.39, 0.29) is 11.9 Å². The van der Waals surface area contributed by atoms with Crippen molar-refractivity contribution in [1.82, 2.24) is 5.32 Å². The van der Waals surface area contributed by atoms with Crippen LogP contribution in [-0.2, 0) is 11.2 Å². The molecule has 1 aliphatic rings. The van der Waals surface area contributed by atoms with Gasteiger partial charge in [-0.05, 0) is 38.1 Å². The molecule has 1 aromatic carbocycles. The minimum atomic E-state index is -0.848. The van der Waals surface area contributed by atoms with Crippen molar-refractivity contribution in [3.05, 3.63) is 29.3 Å². The molecule has 0 spiro atoms. The molecule has 3 N–H and O–H groups in total. The third-order valence-electron chi connectivity index (χ3n) is 3.08. The van der Waals surface area contributed by atoms with Gasteiger partial charge in [0.15, 0.2) is 0 Å². The van der Waals surface area contributed by atoms with Crippen molar-refractivity contribution in [3.8, 4) is 0 Å². The van der Waals surface area contributed by atoms with E-state index in [1.54, 1.807) is 13.8 Å². The Morgan fingerprint density at radius 3 is 2.76 bits per heavy atom. The van der Waals surface area contributed by atoms with E-state index in [1.807, 2.05) is 25.2 Å². The maximum Gasteiger partial charge on any atom is 0.228 e. The van der Waals surface area contributed by atoms with E-state index in [2.05, 4.69) is 10.6 Å². The minimum absolute atomic E-state index is 0.0291. The molecule has 4 heteroatoms. The molecule has 0 fully saturated rings. The smallest absolute Gasteiger partial charge is 0.228 e. The van der Waals surface area contributed by atoms with Crippen LogP contribution in [0.5, 0.6) is 0 Å². The molecule has 0 aromatic heterocycles. The lowest BCUT2D eigenvalue weighted by Gasteiger charge is -2.29. The highest BCUT2D eigenvalue weighted by molar-refractivity contribution is 5.99. The van der Waals surface area contributed by atoms with Gasteiger partial charge < -0.3 is 15.7 Å². The molecule has 1 unspecified atom stereocenters. The number of carbonyl (C=O) groups is 1. The van der Waals surface area contributed by atoms with Gasteiger partial charge in [0.2, 0.25) is 5.91 Å². The van der Waals surface area contributed by atoms with E-state index in [0.29, 0.717) is 6.42 Å². The Labute approximate surface area is 101 Å². The van der Waals surface area contributed by atoms with E-state index < -0.39 is 5.60 Å². The predicted octanol–water partition coefficient (Wildman–Crippen LogP) is 1.21.